The van der Waals surface area contributed by atoms with E-state index < -0.39 is 6.10 Å². The zero-order valence-electron chi connectivity index (χ0n) is 12.1. The van der Waals surface area contributed by atoms with Crippen LogP contribution in [0.5, 0.6) is 5.75 Å². The highest BCUT2D eigenvalue weighted by Gasteiger charge is 2.14. The van der Waals surface area contributed by atoms with Crippen LogP contribution in [0, 0.1) is 0 Å². The third-order valence-electron chi connectivity index (χ3n) is 3.45. The Hall–Kier alpha value is -2.37. The number of aliphatic hydroxyl groups excluding tert-OH is 2. The third-order valence-corrected chi connectivity index (χ3v) is 3.45. The summed E-state index contributed by atoms with van der Waals surface area (Å²) in [5.74, 6) is 1.49. The summed E-state index contributed by atoms with van der Waals surface area (Å²) in [7, 11) is 0. The Morgan fingerprint density at radius 3 is 2.55 bits per heavy atom. The molecule has 1 heterocycles. The number of ether oxygens (including phenoxy) is 1. The van der Waals surface area contributed by atoms with E-state index in [4.69, 9.17) is 9.84 Å². The molecule has 22 heavy (non-hydrogen) atoms. The third kappa shape index (κ3) is 3.10. The van der Waals surface area contributed by atoms with Gasteiger partial charge in [-0.2, -0.15) is 0 Å². The molecule has 0 fully saturated rings. The number of aliphatic hydroxyl groups is 2. The van der Waals surface area contributed by atoms with Crippen molar-refractivity contribution in [2.24, 2.45) is 0 Å². The van der Waals surface area contributed by atoms with E-state index in [1.807, 2.05) is 59.2 Å². The van der Waals surface area contributed by atoms with Gasteiger partial charge < -0.3 is 19.5 Å². The van der Waals surface area contributed by atoms with Crippen LogP contribution in [0.15, 0.2) is 54.6 Å². The Kier molecular flexibility index (Phi) is 4.37. The van der Waals surface area contributed by atoms with Crippen molar-refractivity contribution in [1.82, 2.24) is 9.55 Å². The monoisotopic (exact) mass is 298 g/mol. The van der Waals surface area contributed by atoms with Crippen LogP contribution in [0.3, 0.4) is 0 Å². The second-order valence-electron chi connectivity index (χ2n) is 5.07. The van der Waals surface area contributed by atoms with Crippen LogP contribution in [0.1, 0.15) is 5.82 Å². The summed E-state index contributed by atoms with van der Waals surface area (Å²) in [4.78, 5) is 4.56. The summed E-state index contributed by atoms with van der Waals surface area (Å²) in [6.45, 7) is 0.298. The molecule has 0 aliphatic carbocycles. The summed E-state index contributed by atoms with van der Waals surface area (Å²) < 4.78 is 7.64. The van der Waals surface area contributed by atoms with Gasteiger partial charge in [0.15, 0.2) is 0 Å². The van der Waals surface area contributed by atoms with Gasteiger partial charge in [0.2, 0.25) is 0 Å². The van der Waals surface area contributed by atoms with Crippen molar-refractivity contribution in [3.63, 3.8) is 0 Å². The fraction of sp³-hybridized carbons (Fsp3) is 0.235. The van der Waals surface area contributed by atoms with Crippen LogP contribution in [-0.2, 0) is 13.2 Å². The molecule has 5 heteroatoms. The standard InChI is InChI=1S/C17H18N2O3/c20-11-13(21)10-19-16-9-5-4-8-15(16)18-17(19)12-22-14-6-2-1-3-7-14/h1-9,13,20-21H,10-12H2/t13-/m1/s1. The number of rotatable bonds is 6. The van der Waals surface area contributed by atoms with Crippen molar-refractivity contribution in [2.45, 2.75) is 19.3 Å². The van der Waals surface area contributed by atoms with Gasteiger partial charge in [0.05, 0.1) is 30.3 Å². The van der Waals surface area contributed by atoms with Crippen LogP contribution in [0.4, 0.5) is 0 Å². The largest absolute Gasteiger partial charge is 0.486 e. The minimum Gasteiger partial charge on any atom is -0.486 e. The molecule has 114 valence electrons. The highest BCUT2D eigenvalue weighted by Crippen LogP contribution is 2.18. The molecule has 0 bridgehead atoms. The second-order valence-corrected chi connectivity index (χ2v) is 5.07. The number of benzene rings is 2. The van der Waals surface area contributed by atoms with E-state index in [0.717, 1.165) is 22.6 Å². The van der Waals surface area contributed by atoms with Crippen LogP contribution in [0.25, 0.3) is 11.0 Å². The molecule has 0 amide bonds. The number of aromatic nitrogens is 2. The first-order chi connectivity index (χ1) is 10.8. The second kappa shape index (κ2) is 6.60. The lowest BCUT2D eigenvalue weighted by atomic mass is 10.3. The normalized spacial score (nSPS) is 12.5. The predicted octanol–water partition coefficient (Wildman–Crippen LogP) is 1.97. The molecule has 2 aromatic carbocycles. The van der Waals surface area contributed by atoms with Crippen molar-refractivity contribution in [3.05, 3.63) is 60.4 Å². The maximum absolute atomic E-state index is 9.76. The van der Waals surface area contributed by atoms with Gasteiger partial charge in [-0.25, -0.2) is 4.98 Å². The van der Waals surface area contributed by atoms with E-state index >= 15 is 0 Å². The van der Waals surface area contributed by atoms with Crippen LogP contribution in [0.2, 0.25) is 0 Å². The molecule has 0 saturated carbocycles. The predicted molar refractivity (Wildman–Crippen MR) is 83.6 cm³/mol. The van der Waals surface area contributed by atoms with Gasteiger partial charge >= 0.3 is 0 Å². The first kappa shape index (κ1) is 14.6. The Labute approximate surface area is 128 Å². The van der Waals surface area contributed by atoms with Crippen LogP contribution >= 0.6 is 0 Å². The van der Waals surface area contributed by atoms with Gasteiger partial charge in [-0.1, -0.05) is 30.3 Å². The van der Waals surface area contributed by atoms with Gasteiger partial charge in [0.1, 0.15) is 18.2 Å². The van der Waals surface area contributed by atoms with Crippen molar-refractivity contribution in [1.29, 1.82) is 0 Å². The molecule has 3 aromatic rings. The number of hydrogen-bond acceptors (Lipinski definition) is 4. The lowest BCUT2D eigenvalue weighted by Crippen LogP contribution is -2.21. The lowest BCUT2D eigenvalue weighted by Gasteiger charge is -2.13. The average Bonchev–Trinajstić information content (AvgIpc) is 2.91. The molecule has 2 N–H and O–H groups in total. The van der Waals surface area contributed by atoms with Gasteiger partial charge in [-0.3, -0.25) is 0 Å². The molecule has 0 spiro atoms. The summed E-state index contributed by atoms with van der Waals surface area (Å²) in [6, 6.07) is 17.2. The van der Waals surface area contributed by atoms with E-state index in [-0.39, 0.29) is 13.2 Å². The summed E-state index contributed by atoms with van der Waals surface area (Å²) in [5, 5.41) is 18.8. The highest BCUT2D eigenvalue weighted by atomic mass is 16.5. The highest BCUT2D eigenvalue weighted by molar-refractivity contribution is 5.75. The van der Waals surface area contributed by atoms with Crippen molar-refractivity contribution in [2.75, 3.05) is 6.61 Å². The first-order valence-corrected chi connectivity index (χ1v) is 7.19. The minimum atomic E-state index is -0.826. The average molecular weight is 298 g/mol. The van der Waals surface area contributed by atoms with Crippen molar-refractivity contribution >= 4 is 11.0 Å². The Morgan fingerprint density at radius 1 is 1.05 bits per heavy atom. The molecule has 0 radical (unpaired) electrons. The van der Waals surface area contributed by atoms with E-state index in [1.165, 1.54) is 0 Å². The summed E-state index contributed by atoms with van der Waals surface area (Å²) >= 11 is 0. The zero-order chi connectivity index (χ0) is 15.4. The smallest absolute Gasteiger partial charge is 0.148 e. The van der Waals surface area contributed by atoms with E-state index in [1.54, 1.807) is 0 Å². The molecule has 0 unspecified atom stereocenters. The molecule has 0 saturated heterocycles. The van der Waals surface area contributed by atoms with Gasteiger partial charge in [-0.05, 0) is 24.3 Å². The summed E-state index contributed by atoms with van der Waals surface area (Å²) in [6.07, 6.45) is -0.826. The zero-order valence-corrected chi connectivity index (χ0v) is 12.1. The molecule has 0 aliphatic heterocycles. The van der Waals surface area contributed by atoms with E-state index in [9.17, 15) is 5.11 Å². The van der Waals surface area contributed by atoms with Crippen molar-refractivity contribution in [3.8, 4) is 5.75 Å². The fourth-order valence-corrected chi connectivity index (χ4v) is 2.37. The van der Waals surface area contributed by atoms with E-state index in [0.29, 0.717) is 6.61 Å². The molecule has 3 rings (SSSR count). The number of fused-ring (bicyclic) bond motifs is 1. The van der Waals surface area contributed by atoms with Gasteiger partial charge in [-0.15, -0.1) is 0 Å². The lowest BCUT2D eigenvalue weighted by molar-refractivity contribution is 0.0806. The van der Waals surface area contributed by atoms with Gasteiger partial charge in [0.25, 0.3) is 0 Å². The molecule has 0 aliphatic rings. The first-order valence-electron chi connectivity index (χ1n) is 7.19. The fourth-order valence-electron chi connectivity index (χ4n) is 2.37. The van der Waals surface area contributed by atoms with Gasteiger partial charge in [0, 0.05) is 0 Å². The number of para-hydroxylation sites is 3. The maximum Gasteiger partial charge on any atom is 0.148 e. The molecule has 1 aromatic heterocycles. The van der Waals surface area contributed by atoms with Crippen LogP contribution in [-0.4, -0.2) is 32.5 Å². The topological polar surface area (TPSA) is 67.5 Å². The van der Waals surface area contributed by atoms with E-state index in [2.05, 4.69) is 4.98 Å². The van der Waals surface area contributed by atoms with Crippen LogP contribution < -0.4 is 4.74 Å². The molecule has 5 nitrogen and oxygen atoms in total. The Morgan fingerprint density at radius 2 is 1.77 bits per heavy atom. The Balaban J connectivity index is 1.88. The Bertz CT molecular complexity index is 740. The molecule has 1 atom stereocenters. The molecular weight excluding hydrogens is 280 g/mol. The summed E-state index contributed by atoms with van der Waals surface area (Å²) in [5.41, 5.74) is 1.76. The van der Waals surface area contributed by atoms with Crippen molar-refractivity contribution < 1.29 is 14.9 Å². The quantitative estimate of drug-likeness (QED) is 0.730. The number of imidazole rings is 1. The minimum absolute atomic E-state index is 0.282. The SMILES string of the molecule is OC[C@H](O)Cn1c(COc2ccccc2)nc2ccccc21. The number of hydrogen-bond donors (Lipinski definition) is 2. The molecular formula is C17H18N2O3. The maximum atomic E-state index is 9.76. The number of nitrogens with zero attached hydrogens (tertiary/aromatic N) is 2.